The van der Waals surface area contributed by atoms with Gasteiger partial charge in [0, 0.05) is 17.6 Å². The largest absolute Gasteiger partial charge is 0.465 e. The molecular formula is C13H14N4O2. The molecule has 0 saturated carbocycles. The lowest BCUT2D eigenvalue weighted by Crippen LogP contribution is -2.09. The average molecular weight is 258 g/mol. The second kappa shape index (κ2) is 5.81. The molecule has 2 aromatic rings. The number of nitrogens with zero attached hydrogens (tertiary/aromatic N) is 2. The van der Waals surface area contributed by atoms with E-state index in [2.05, 4.69) is 15.3 Å². The zero-order valence-corrected chi connectivity index (χ0v) is 10.5. The summed E-state index contributed by atoms with van der Waals surface area (Å²) in [5.74, 6) is -0.433. The zero-order chi connectivity index (χ0) is 13.7. The molecule has 0 unspecified atom stereocenters. The highest BCUT2D eigenvalue weighted by atomic mass is 16.5. The van der Waals surface area contributed by atoms with Gasteiger partial charge < -0.3 is 15.8 Å². The van der Waals surface area contributed by atoms with E-state index < -0.39 is 5.97 Å². The first kappa shape index (κ1) is 12.8. The highest BCUT2D eigenvalue weighted by molar-refractivity contribution is 5.96. The van der Waals surface area contributed by atoms with Gasteiger partial charge in [0.15, 0.2) is 0 Å². The van der Waals surface area contributed by atoms with Crippen LogP contribution in [0.4, 0.5) is 11.4 Å². The fourth-order valence-corrected chi connectivity index (χ4v) is 1.60. The maximum absolute atomic E-state index is 11.7. The molecule has 0 spiro atoms. The number of carbonyl (C=O) groups is 1. The van der Waals surface area contributed by atoms with E-state index >= 15 is 0 Å². The van der Waals surface area contributed by atoms with Crippen LogP contribution in [0.25, 0.3) is 0 Å². The Labute approximate surface area is 110 Å². The Morgan fingerprint density at radius 3 is 2.95 bits per heavy atom. The van der Waals surface area contributed by atoms with Crippen LogP contribution in [0.5, 0.6) is 0 Å². The van der Waals surface area contributed by atoms with E-state index in [-0.39, 0.29) is 0 Å². The summed E-state index contributed by atoms with van der Waals surface area (Å²) in [6, 6.07) is 6.83. The Kier molecular flexibility index (Phi) is 3.92. The van der Waals surface area contributed by atoms with Crippen molar-refractivity contribution in [2.24, 2.45) is 0 Å². The summed E-state index contributed by atoms with van der Waals surface area (Å²) in [7, 11) is 1.33. The maximum atomic E-state index is 11.7. The zero-order valence-electron chi connectivity index (χ0n) is 10.5. The highest BCUT2D eigenvalue weighted by Gasteiger charge is 2.12. The third kappa shape index (κ3) is 3.19. The molecule has 0 atom stereocenters. The topological polar surface area (TPSA) is 90.1 Å². The van der Waals surface area contributed by atoms with Crippen LogP contribution in [0.3, 0.4) is 0 Å². The molecule has 0 amide bonds. The first-order valence-corrected chi connectivity index (χ1v) is 5.67. The highest BCUT2D eigenvalue weighted by Crippen LogP contribution is 2.20. The molecule has 0 aliphatic carbocycles. The lowest BCUT2D eigenvalue weighted by Gasteiger charge is -2.11. The van der Waals surface area contributed by atoms with Crippen molar-refractivity contribution in [1.29, 1.82) is 0 Å². The van der Waals surface area contributed by atoms with E-state index in [9.17, 15) is 4.79 Å². The Morgan fingerprint density at radius 2 is 2.26 bits per heavy atom. The molecule has 0 aliphatic rings. The van der Waals surface area contributed by atoms with E-state index in [1.54, 1.807) is 30.5 Å². The number of benzene rings is 1. The molecule has 3 N–H and O–H groups in total. The molecule has 0 aliphatic heterocycles. The molecule has 0 bridgehead atoms. The van der Waals surface area contributed by atoms with E-state index in [0.717, 1.165) is 5.69 Å². The minimum absolute atomic E-state index is 0.400. The van der Waals surface area contributed by atoms with E-state index in [4.69, 9.17) is 10.5 Å². The number of hydrogen-bond donors (Lipinski definition) is 2. The third-order valence-corrected chi connectivity index (χ3v) is 2.55. The van der Waals surface area contributed by atoms with Crippen LogP contribution in [0.2, 0.25) is 0 Å². The van der Waals surface area contributed by atoms with E-state index in [1.165, 1.54) is 13.4 Å². The van der Waals surface area contributed by atoms with Crippen LogP contribution >= 0.6 is 0 Å². The Hall–Kier alpha value is -2.63. The van der Waals surface area contributed by atoms with Crippen molar-refractivity contribution < 1.29 is 9.53 Å². The van der Waals surface area contributed by atoms with Gasteiger partial charge in [0.05, 0.1) is 24.9 Å². The summed E-state index contributed by atoms with van der Waals surface area (Å²) in [6.45, 7) is 0.483. The van der Waals surface area contributed by atoms with Gasteiger partial charge >= 0.3 is 5.97 Å². The molecule has 98 valence electrons. The smallest absolute Gasteiger partial charge is 0.340 e. The van der Waals surface area contributed by atoms with Crippen molar-refractivity contribution in [1.82, 2.24) is 9.97 Å². The third-order valence-electron chi connectivity index (χ3n) is 2.55. The quantitative estimate of drug-likeness (QED) is 0.637. The number of rotatable bonds is 4. The summed E-state index contributed by atoms with van der Waals surface area (Å²) in [5, 5.41) is 3.13. The SMILES string of the molecule is COC(=O)c1cc(N)ccc1NCc1ccncn1. The first-order chi connectivity index (χ1) is 9.20. The van der Waals surface area contributed by atoms with Crippen LogP contribution in [0, 0.1) is 0 Å². The van der Waals surface area contributed by atoms with Gasteiger partial charge in [-0.1, -0.05) is 0 Å². The number of nitrogens with two attached hydrogens (primary N) is 1. The van der Waals surface area contributed by atoms with Crippen LogP contribution in [-0.2, 0) is 11.3 Å². The van der Waals surface area contributed by atoms with Gasteiger partial charge in [-0.25, -0.2) is 14.8 Å². The maximum Gasteiger partial charge on any atom is 0.340 e. The number of carbonyl (C=O) groups excluding carboxylic acids is 1. The molecule has 2 rings (SSSR count). The van der Waals surface area contributed by atoms with Gasteiger partial charge in [0.1, 0.15) is 6.33 Å². The first-order valence-electron chi connectivity index (χ1n) is 5.67. The molecule has 0 saturated heterocycles. The van der Waals surface area contributed by atoms with Gasteiger partial charge in [-0.3, -0.25) is 0 Å². The monoisotopic (exact) mass is 258 g/mol. The fourth-order valence-electron chi connectivity index (χ4n) is 1.60. The minimum Gasteiger partial charge on any atom is -0.465 e. The van der Waals surface area contributed by atoms with Crippen molar-refractivity contribution in [2.75, 3.05) is 18.2 Å². The van der Waals surface area contributed by atoms with Crippen molar-refractivity contribution in [3.8, 4) is 0 Å². The van der Waals surface area contributed by atoms with Crippen LogP contribution in [-0.4, -0.2) is 23.0 Å². The number of anilines is 2. The number of methoxy groups -OCH3 is 1. The van der Waals surface area contributed by atoms with Crippen LogP contribution in [0.15, 0.2) is 36.8 Å². The second-order valence-electron chi connectivity index (χ2n) is 3.85. The van der Waals surface area contributed by atoms with E-state index in [1.807, 2.05) is 0 Å². The van der Waals surface area contributed by atoms with Crippen molar-refractivity contribution in [3.05, 3.63) is 48.0 Å². The van der Waals surface area contributed by atoms with Gasteiger partial charge in [-0.05, 0) is 24.3 Å². The molecule has 6 nitrogen and oxygen atoms in total. The van der Waals surface area contributed by atoms with Gasteiger partial charge in [0.25, 0.3) is 0 Å². The molecular weight excluding hydrogens is 244 g/mol. The average Bonchev–Trinajstić information content (AvgIpc) is 2.46. The number of aromatic nitrogens is 2. The van der Waals surface area contributed by atoms with Crippen LogP contribution < -0.4 is 11.1 Å². The molecule has 1 aromatic heterocycles. The summed E-state index contributed by atoms with van der Waals surface area (Å²) in [4.78, 5) is 19.6. The molecule has 0 fully saturated rings. The Balaban J connectivity index is 2.18. The second-order valence-corrected chi connectivity index (χ2v) is 3.85. The lowest BCUT2D eigenvalue weighted by atomic mass is 10.1. The van der Waals surface area contributed by atoms with Crippen molar-refractivity contribution >= 4 is 17.3 Å². The number of hydrogen-bond acceptors (Lipinski definition) is 6. The van der Waals surface area contributed by atoms with Crippen molar-refractivity contribution in [3.63, 3.8) is 0 Å². The number of ether oxygens (including phenoxy) is 1. The van der Waals surface area contributed by atoms with Crippen molar-refractivity contribution in [2.45, 2.75) is 6.54 Å². The normalized spacial score (nSPS) is 9.95. The standard InChI is InChI=1S/C13H14N4O2/c1-19-13(18)11-6-9(14)2-3-12(11)16-7-10-4-5-15-8-17-10/h2-6,8,16H,7,14H2,1H3. The summed E-state index contributed by atoms with van der Waals surface area (Å²) in [5.41, 5.74) is 8.05. The predicted molar refractivity (Wildman–Crippen MR) is 71.6 cm³/mol. The lowest BCUT2D eigenvalue weighted by molar-refractivity contribution is 0.0602. The van der Waals surface area contributed by atoms with E-state index in [0.29, 0.717) is 23.5 Å². The number of nitrogen functional groups attached to an aromatic ring is 1. The minimum atomic E-state index is -0.433. The molecule has 19 heavy (non-hydrogen) atoms. The van der Waals surface area contributed by atoms with Crippen LogP contribution in [0.1, 0.15) is 16.1 Å². The molecule has 1 heterocycles. The molecule has 6 heteroatoms. The summed E-state index contributed by atoms with van der Waals surface area (Å²) >= 11 is 0. The predicted octanol–water partition coefficient (Wildman–Crippen LogP) is 1.46. The summed E-state index contributed by atoms with van der Waals surface area (Å²) < 4.78 is 4.72. The summed E-state index contributed by atoms with van der Waals surface area (Å²) in [6.07, 6.45) is 3.13. The molecule has 1 aromatic carbocycles. The Bertz CT molecular complexity index is 572. The van der Waals surface area contributed by atoms with Gasteiger partial charge in [0.2, 0.25) is 0 Å². The molecule has 0 radical (unpaired) electrons. The fraction of sp³-hybridized carbons (Fsp3) is 0.154. The van der Waals surface area contributed by atoms with Gasteiger partial charge in [-0.2, -0.15) is 0 Å². The Morgan fingerprint density at radius 1 is 1.42 bits per heavy atom. The number of esters is 1. The van der Waals surface area contributed by atoms with Gasteiger partial charge in [-0.15, -0.1) is 0 Å². The number of nitrogens with one attached hydrogen (secondary N) is 1.